The molecule has 4 nitrogen and oxygen atoms in total. The summed E-state index contributed by atoms with van der Waals surface area (Å²) in [7, 11) is 1.46. The van der Waals surface area contributed by atoms with Gasteiger partial charge >= 0.3 is 0 Å². The van der Waals surface area contributed by atoms with Gasteiger partial charge in [0.15, 0.2) is 12.1 Å². The van der Waals surface area contributed by atoms with Crippen LogP contribution in [0.3, 0.4) is 0 Å². The Morgan fingerprint density at radius 3 is 2.83 bits per heavy atom. The van der Waals surface area contributed by atoms with E-state index in [-0.39, 0.29) is 12.2 Å². The average molecular weight is 174 g/mol. The van der Waals surface area contributed by atoms with Crippen molar-refractivity contribution in [2.75, 3.05) is 7.11 Å². The number of ether oxygens (including phenoxy) is 2. The predicted molar refractivity (Wildman–Crippen MR) is 41.6 cm³/mol. The van der Waals surface area contributed by atoms with Gasteiger partial charge in [-0.2, -0.15) is 0 Å². The molecule has 4 heteroatoms. The maximum absolute atomic E-state index is 11.5. The van der Waals surface area contributed by atoms with Gasteiger partial charge in [-0.15, -0.1) is 0 Å². The van der Waals surface area contributed by atoms with Gasteiger partial charge in [-0.05, 0) is 13.8 Å². The van der Waals surface area contributed by atoms with E-state index in [0.29, 0.717) is 0 Å². The molecule has 0 aliphatic carbocycles. The second-order valence-electron chi connectivity index (χ2n) is 3.24. The van der Waals surface area contributed by atoms with Gasteiger partial charge in [0.2, 0.25) is 0 Å². The van der Waals surface area contributed by atoms with Gasteiger partial charge in [0.25, 0.3) is 0 Å². The number of rotatable bonds is 1. The smallest absolute Gasteiger partial charge is 0.192 e. The third-order valence-electron chi connectivity index (χ3n) is 2.27. The van der Waals surface area contributed by atoms with Gasteiger partial charge in [0.05, 0.1) is 0 Å². The first-order valence-corrected chi connectivity index (χ1v) is 3.92. The number of hydrogen-bond donors (Lipinski definition) is 1. The maximum atomic E-state index is 11.5. The predicted octanol–water partition coefficient (Wildman–Crippen LogP) is 0.0878. The number of methoxy groups -OCH3 is 1. The fourth-order valence-electron chi connectivity index (χ4n) is 1.39. The quantitative estimate of drug-likeness (QED) is 0.612. The lowest BCUT2D eigenvalue weighted by atomic mass is 9.90. The van der Waals surface area contributed by atoms with E-state index >= 15 is 0 Å². The molecule has 0 aromatic heterocycles. The first-order chi connectivity index (χ1) is 5.49. The monoisotopic (exact) mass is 174 g/mol. The molecule has 1 saturated heterocycles. The van der Waals surface area contributed by atoms with Crippen LogP contribution in [0.2, 0.25) is 0 Å². The third-order valence-corrected chi connectivity index (χ3v) is 2.27. The van der Waals surface area contributed by atoms with E-state index in [1.54, 1.807) is 13.8 Å². The van der Waals surface area contributed by atoms with Gasteiger partial charge in [-0.3, -0.25) is 4.79 Å². The van der Waals surface area contributed by atoms with Crippen molar-refractivity contribution < 1.29 is 19.4 Å². The summed E-state index contributed by atoms with van der Waals surface area (Å²) in [6.45, 7) is 3.28. The van der Waals surface area contributed by atoms with Gasteiger partial charge in [-0.25, -0.2) is 0 Å². The molecule has 0 bridgehead atoms. The highest BCUT2D eigenvalue weighted by molar-refractivity contribution is 5.91. The zero-order chi connectivity index (χ0) is 9.35. The number of aliphatic hydroxyl groups excluding tert-OH is 1. The molecule has 1 heterocycles. The molecule has 1 N–H and O–H groups in total. The van der Waals surface area contributed by atoms with Gasteiger partial charge in [-0.1, -0.05) is 0 Å². The van der Waals surface area contributed by atoms with Crippen LogP contribution < -0.4 is 0 Å². The summed E-state index contributed by atoms with van der Waals surface area (Å²) in [5.74, 6) is -0.115. The lowest BCUT2D eigenvalue weighted by molar-refractivity contribution is -0.210. The lowest BCUT2D eigenvalue weighted by Crippen LogP contribution is -2.52. The Labute approximate surface area is 71.5 Å². The largest absolute Gasteiger partial charge is 0.370 e. The summed E-state index contributed by atoms with van der Waals surface area (Å²) in [4.78, 5) is 11.5. The minimum atomic E-state index is -0.900. The molecule has 1 aliphatic heterocycles. The van der Waals surface area contributed by atoms with Crippen LogP contribution in [-0.4, -0.2) is 36.0 Å². The SMILES string of the molecule is CO[C@]1(C)C[C@H](O)O[C@@H](C)C1=O. The van der Waals surface area contributed by atoms with Crippen molar-refractivity contribution in [2.24, 2.45) is 0 Å². The number of carbonyl (C=O) groups is 1. The topological polar surface area (TPSA) is 55.8 Å². The zero-order valence-corrected chi connectivity index (χ0v) is 7.53. The molecule has 0 unspecified atom stereocenters. The van der Waals surface area contributed by atoms with Crippen molar-refractivity contribution in [1.82, 2.24) is 0 Å². The maximum Gasteiger partial charge on any atom is 0.192 e. The molecule has 12 heavy (non-hydrogen) atoms. The second-order valence-corrected chi connectivity index (χ2v) is 3.24. The molecule has 0 aromatic rings. The third kappa shape index (κ3) is 1.50. The highest BCUT2D eigenvalue weighted by Crippen LogP contribution is 2.26. The van der Waals surface area contributed by atoms with Crippen molar-refractivity contribution in [1.29, 1.82) is 0 Å². The minimum Gasteiger partial charge on any atom is -0.370 e. The van der Waals surface area contributed by atoms with Crippen LogP contribution in [0.4, 0.5) is 0 Å². The Balaban J connectivity index is 2.79. The highest BCUT2D eigenvalue weighted by atomic mass is 16.6. The molecule has 1 rings (SSSR count). The van der Waals surface area contributed by atoms with Crippen LogP contribution in [0.25, 0.3) is 0 Å². The van der Waals surface area contributed by atoms with Gasteiger partial charge in [0.1, 0.15) is 11.7 Å². The summed E-state index contributed by atoms with van der Waals surface area (Å²) in [5.41, 5.74) is -0.892. The van der Waals surface area contributed by atoms with Crippen LogP contribution >= 0.6 is 0 Å². The number of aliphatic hydroxyl groups is 1. The van der Waals surface area contributed by atoms with Gasteiger partial charge < -0.3 is 14.6 Å². The van der Waals surface area contributed by atoms with E-state index in [1.165, 1.54) is 7.11 Å². The summed E-state index contributed by atoms with van der Waals surface area (Å²) in [6.07, 6.45) is -1.28. The molecule has 1 fully saturated rings. The Morgan fingerprint density at radius 2 is 2.33 bits per heavy atom. The summed E-state index contributed by atoms with van der Waals surface area (Å²) < 4.78 is 9.96. The van der Waals surface area contributed by atoms with Crippen LogP contribution in [0.1, 0.15) is 20.3 Å². The van der Waals surface area contributed by atoms with Crippen molar-refractivity contribution in [2.45, 2.75) is 38.3 Å². The molecule has 0 amide bonds. The minimum absolute atomic E-state index is 0.115. The lowest BCUT2D eigenvalue weighted by Gasteiger charge is -2.36. The van der Waals surface area contributed by atoms with E-state index in [4.69, 9.17) is 9.47 Å². The molecular formula is C8H14O4. The summed E-state index contributed by atoms with van der Waals surface area (Å²) >= 11 is 0. The van der Waals surface area contributed by atoms with Crippen LogP contribution in [-0.2, 0) is 14.3 Å². The molecule has 70 valence electrons. The Kier molecular flexibility index (Phi) is 2.51. The van der Waals surface area contributed by atoms with Crippen LogP contribution in [0.15, 0.2) is 0 Å². The Hall–Kier alpha value is -0.450. The number of ketones is 1. The fourth-order valence-corrected chi connectivity index (χ4v) is 1.39. The Bertz CT molecular complexity index is 191. The zero-order valence-electron chi connectivity index (χ0n) is 7.53. The van der Waals surface area contributed by atoms with Crippen LogP contribution in [0.5, 0.6) is 0 Å². The molecule has 0 radical (unpaired) electrons. The standard InChI is InChI=1S/C8H14O4/c1-5-7(10)8(2,11-3)4-6(9)12-5/h5-6,9H,4H2,1-3H3/t5-,6+,8+/m0/s1. The number of hydrogen-bond acceptors (Lipinski definition) is 4. The van der Waals surface area contributed by atoms with E-state index in [9.17, 15) is 9.90 Å². The number of Topliss-reactive ketones (excluding diaryl/α,β-unsaturated/α-hetero) is 1. The highest BCUT2D eigenvalue weighted by Gasteiger charge is 2.43. The molecule has 0 saturated carbocycles. The average Bonchev–Trinajstić information content (AvgIpc) is 2.00. The van der Waals surface area contributed by atoms with Crippen molar-refractivity contribution in [3.05, 3.63) is 0 Å². The van der Waals surface area contributed by atoms with E-state index < -0.39 is 18.0 Å². The van der Waals surface area contributed by atoms with E-state index in [0.717, 1.165) is 0 Å². The normalized spacial score (nSPS) is 43.2. The van der Waals surface area contributed by atoms with Crippen molar-refractivity contribution >= 4 is 5.78 Å². The van der Waals surface area contributed by atoms with E-state index in [2.05, 4.69) is 0 Å². The van der Waals surface area contributed by atoms with E-state index in [1.807, 2.05) is 0 Å². The summed E-state index contributed by atoms with van der Waals surface area (Å²) in [5, 5.41) is 9.21. The summed E-state index contributed by atoms with van der Waals surface area (Å²) in [6, 6.07) is 0. The second kappa shape index (κ2) is 3.12. The fraction of sp³-hybridized carbons (Fsp3) is 0.875. The van der Waals surface area contributed by atoms with Crippen molar-refractivity contribution in [3.63, 3.8) is 0 Å². The number of carbonyl (C=O) groups excluding carboxylic acids is 1. The molecule has 1 aliphatic rings. The van der Waals surface area contributed by atoms with Gasteiger partial charge in [0, 0.05) is 13.5 Å². The molecular weight excluding hydrogens is 160 g/mol. The van der Waals surface area contributed by atoms with Crippen LogP contribution in [0, 0.1) is 0 Å². The van der Waals surface area contributed by atoms with Crippen molar-refractivity contribution in [3.8, 4) is 0 Å². The first-order valence-electron chi connectivity index (χ1n) is 3.92. The first kappa shape index (κ1) is 9.64. The molecule has 0 spiro atoms. The molecule has 3 atom stereocenters. The Morgan fingerprint density at radius 1 is 1.75 bits per heavy atom. The molecule has 0 aromatic carbocycles.